The van der Waals surface area contributed by atoms with Crippen LogP contribution < -0.4 is 9.46 Å². The summed E-state index contributed by atoms with van der Waals surface area (Å²) in [6.07, 6.45) is 2.14. The molecule has 1 aliphatic rings. The molecule has 1 N–H and O–H groups in total. The zero-order chi connectivity index (χ0) is 18.1. The molecule has 0 radical (unpaired) electrons. The number of nitrogens with one attached hydrogen (secondary N) is 1. The van der Waals surface area contributed by atoms with Gasteiger partial charge in [0.05, 0.1) is 16.0 Å². The second-order valence-electron chi connectivity index (χ2n) is 5.99. The SMILES string of the molecule is CS(=O)(=O)NC[C@H]1CCc2ccc(S(=O)(=O)c3ccccc3)cc2O1. The Balaban J connectivity index is 1.85. The van der Waals surface area contributed by atoms with Crippen LogP contribution in [0.25, 0.3) is 0 Å². The van der Waals surface area contributed by atoms with Gasteiger partial charge in [-0.05, 0) is 42.7 Å². The molecule has 0 bridgehead atoms. The minimum absolute atomic E-state index is 0.161. The lowest BCUT2D eigenvalue weighted by Gasteiger charge is -2.26. The molecule has 0 amide bonds. The van der Waals surface area contributed by atoms with E-state index < -0.39 is 19.9 Å². The Labute approximate surface area is 147 Å². The van der Waals surface area contributed by atoms with Gasteiger partial charge in [-0.2, -0.15) is 0 Å². The first-order valence-corrected chi connectivity index (χ1v) is 11.2. The molecule has 2 aromatic carbocycles. The average molecular weight is 381 g/mol. The average Bonchev–Trinajstić information content (AvgIpc) is 2.59. The summed E-state index contributed by atoms with van der Waals surface area (Å²) in [5, 5.41) is 0. The van der Waals surface area contributed by atoms with Gasteiger partial charge >= 0.3 is 0 Å². The largest absolute Gasteiger partial charge is 0.489 e. The first-order chi connectivity index (χ1) is 11.8. The van der Waals surface area contributed by atoms with E-state index in [0.717, 1.165) is 11.8 Å². The van der Waals surface area contributed by atoms with Crippen LogP contribution in [0.5, 0.6) is 5.75 Å². The molecule has 2 aromatic rings. The van der Waals surface area contributed by atoms with Crippen molar-refractivity contribution in [2.24, 2.45) is 0 Å². The number of ether oxygens (including phenoxy) is 1. The summed E-state index contributed by atoms with van der Waals surface area (Å²) in [5.74, 6) is 0.489. The van der Waals surface area contributed by atoms with Crippen LogP contribution in [-0.2, 0) is 26.3 Å². The van der Waals surface area contributed by atoms with Crippen molar-refractivity contribution in [2.45, 2.75) is 28.7 Å². The second kappa shape index (κ2) is 6.78. The van der Waals surface area contributed by atoms with Gasteiger partial charge < -0.3 is 4.74 Å². The molecule has 0 fully saturated rings. The van der Waals surface area contributed by atoms with Crippen molar-refractivity contribution >= 4 is 19.9 Å². The number of sulfone groups is 1. The maximum Gasteiger partial charge on any atom is 0.208 e. The molecule has 1 atom stereocenters. The molecule has 0 saturated heterocycles. The van der Waals surface area contributed by atoms with Crippen LogP contribution in [0.15, 0.2) is 58.3 Å². The predicted octanol–water partition coefficient (Wildman–Crippen LogP) is 1.76. The van der Waals surface area contributed by atoms with E-state index in [1.807, 2.05) is 0 Å². The molecular formula is C17H19NO5S2. The van der Waals surface area contributed by atoms with Crippen LogP contribution in [0.2, 0.25) is 0 Å². The van der Waals surface area contributed by atoms with Crippen LogP contribution in [-0.4, -0.2) is 35.7 Å². The molecule has 0 spiro atoms. The molecule has 134 valence electrons. The van der Waals surface area contributed by atoms with Crippen LogP contribution in [0.4, 0.5) is 0 Å². The van der Waals surface area contributed by atoms with Gasteiger partial charge in [-0.1, -0.05) is 24.3 Å². The summed E-state index contributed by atoms with van der Waals surface area (Å²) >= 11 is 0. The van der Waals surface area contributed by atoms with Crippen molar-refractivity contribution in [1.29, 1.82) is 0 Å². The highest BCUT2D eigenvalue weighted by molar-refractivity contribution is 7.91. The van der Waals surface area contributed by atoms with Gasteiger partial charge in [0.2, 0.25) is 19.9 Å². The number of sulfonamides is 1. The highest BCUT2D eigenvalue weighted by Crippen LogP contribution is 2.32. The van der Waals surface area contributed by atoms with E-state index in [1.165, 1.54) is 6.07 Å². The molecular weight excluding hydrogens is 362 g/mol. The Hall–Kier alpha value is -1.90. The number of fused-ring (bicyclic) bond motifs is 1. The highest BCUT2D eigenvalue weighted by atomic mass is 32.2. The first kappa shape index (κ1) is 17.9. The Kier molecular flexibility index (Phi) is 4.86. The molecule has 0 aliphatic carbocycles. The Bertz CT molecular complexity index is 969. The van der Waals surface area contributed by atoms with Crippen molar-refractivity contribution in [2.75, 3.05) is 12.8 Å². The molecule has 0 aromatic heterocycles. The molecule has 1 heterocycles. The van der Waals surface area contributed by atoms with E-state index in [2.05, 4.69) is 4.72 Å². The fraction of sp³-hybridized carbons (Fsp3) is 0.294. The van der Waals surface area contributed by atoms with Gasteiger partial charge in [-0.15, -0.1) is 0 Å². The molecule has 8 heteroatoms. The summed E-state index contributed by atoms with van der Waals surface area (Å²) in [4.78, 5) is 0.384. The molecule has 0 saturated carbocycles. The van der Waals surface area contributed by atoms with Crippen molar-refractivity contribution in [3.05, 3.63) is 54.1 Å². The van der Waals surface area contributed by atoms with Crippen LogP contribution in [0.3, 0.4) is 0 Å². The monoisotopic (exact) mass is 381 g/mol. The van der Waals surface area contributed by atoms with Crippen molar-refractivity contribution in [3.8, 4) is 5.75 Å². The predicted molar refractivity (Wildman–Crippen MR) is 93.9 cm³/mol. The van der Waals surface area contributed by atoms with E-state index in [0.29, 0.717) is 18.6 Å². The maximum atomic E-state index is 12.7. The molecule has 6 nitrogen and oxygen atoms in total. The van der Waals surface area contributed by atoms with Gasteiger partial charge in [-0.25, -0.2) is 21.6 Å². The topological polar surface area (TPSA) is 89.5 Å². The van der Waals surface area contributed by atoms with Crippen molar-refractivity contribution < 1.29 is 21.6 Å². The normalized spacial score (nSPS) is 17.6. The zero-order valence-corrected chi connectivity index (χ0v) is 15.3. The standard InChI is InChI=1S/C17H19NO5S2/c1-24(19,20)18-12-14-9-7-13-8-10-16(11-17(13)23-14)25(21,22)15-5-3-2-4-6-15/h2-6,8,10-11,14,18H,7,9,12H2,1H3/t14-/m1/s1. The number of aryl methyl sites for hydroxylation is 1. The Morgan fingerprint density at radius 3 is 2.44 bits per heavy atom. The van der Waals surface area contributed by atoms with E-state index in [-0.39, 0.29) is 22.4 Å². The molecule has 25 heavy (non-hydrogen) atoms. The summed E-state index contributed by atoms with van der Waals surface area (Å²) in [6.45, 7) is 0.161. The van der Waals surface area contributed by atoms with Gasteiger partial charge in [0.1, 0.15) is 11.9 Å². The minimum atomic E-state index is -3.62. The lowest BCUT2D eigenvalue weighted by molar-refractivity contribution is 0.176. The lowest BCUT2D eigenvalue weighted by Crippen LogP contribution is -2.36. The summed E-state index contributed by atoms with van der Waals surface area (Å²) in [7, 11) is -6.91. The molecule has 0 unspecified atom stereocenters. The maximum absolute atomic E-state index is 12.7. The summed E-state index contributed by atoms with van der Waals surface area (Å²) < 4.78 is 56.1. The lowest BCUT2D eigenvalue weighted by atomic mass is 10.0. The Morgan fingerprint density at radius 2 is 1.76 bits per heavy atom. The van der Waals surface area contributed by atoms with E-state index in [1.54, 1.807) is 42.5 Å². The van der Waals surface area contributed by atoms with Crippen molar-refractivity contribution in [3.63, 3.8) is 0 Å². The van der Waals surface area contributed by atoms with E-state index >= 15 is 0 Å². The third kappa shape index (κ3) is 4.20. The van der Waals surface area contributed by atoms with E-state index in [9.17, 15) is 16.8 Å². The smallest absolute Gasteiger partial charge is 0.208 e. The number of benzene rings is 2. The summed E-state index contributed by atoms with van der Waals surface area (Å²) in [6, 6.07) is 13.1. The Morgan fingerprint density at radius 1 is 1.04 bits per heavy atom. The fourth-order valence-electron chi connectivity index (χ4n) is 2.70. The number of rotatable bonds is 5. The minimum Gasteiger partial charge on any atom is -0.489 e. The quantitative estimate of drug-likeness (QED) is 0.852. The fourth-order valence-corrected chi connectivity index (χ4v) is 4.48. The third-order valence-corrected chi connectivity index (χ3v) is 6.46. The van der Waals surface area contributed by atoms with E-state index in [4.69, 9.17) is 4.74 Å². The molecule has 1 aliphatic heterocycles. The first-order valence-electron chi connectivity index (χ1n) is 7.80. The number of hydrogen-bond donors (Lipinski definition) is 1. The van der Waals surface area contributed by atoms with Crippen LogP contribution in [0, 0.1) is 0 Å². The molecule has 3 rings (SSSR count). The third-order valence-electron chi connectivity index (χ3n) is 4.00. The van der Waals surface area contributed by atoms with Gasteiger partial charge in [-0.3, -0.25) is 0 Å². The van der Waals surface area contributed by atoms with Gasteiger partial charge in [0, 0.05) is 6.54 Å². The summed E-state index contributed by atoms with van der Waals surface area (Å²) in [5.41, 5.74) is 0.919. The van der Waals surface area contributed by atoms with Gasteiger partial charge in [0.15, 0.2) is 0 Å². The van der Waals surface area contributed by atoms with Crippen molar-refractivity contribution in [1.82, 2.24) is 4.72 Å². The highest BCUT2D eigenvalue weighted by Gasteiger charge is 2.24. The van der Waals surface area contributed by atoms with Crippen LogP contribution in [0.1, 0.15) is 12.0 Å². The second-order valence-corrected chi connectivity index (χ2v) is 9.77. The van der Waals surface area contributed by atoms with Crippen LogP contribution >= 0.6 is 0 Å². The number of hydrogen-bond acceptors (Lipinski definition) is 5. The zero-order valence-electron chi connectivity index (χ0n) is 13.7. The van der Waals surface area contributed by atoms with Gasteiger partial charge in [0.25, 0.3) is 0 Å².